The fourth-order valence-corrected chi connectivity index (χ4v) is 3.32. The molecule has 2 aliphatic rings. The Hall–Kier alpha value is -1.92. The minimum absolute atomic E-state index is 0.0717. The lowest BCUT2D eigenvalue weighted by Gasteiger charge is -2.52. The van der Waals surface area contributed by atoms with Crippen LogP contribution in [-0.2, 0) is 11.3 Å². The first-order chi connectivity index (χ1) is 10.8. The van der Waals surface area contributed by atoms with E-state index in [9.17, 15) is 0 Å². The summed E-state index contributed by atoms with van der Waals surface area (Å²) in [5.41, 5.74) is -0.0717. The minimum Gasteiger partial charge on any atom is -0.473 e. The maximum atomic E-state index is 6.03. The molecule has 0 radical (unpaired) electrons. The normalized spacial score (nSPS) is 24.1. The molecule has 0 N–H and O–H groups in total. The van der Waals surface area contributed by atoms with Crippen LogP contribution in [0.3, 0.4) is 0 Å². The Morgan fingerprint density at radius 1 is 1.36 bits per heavy atom. The van der Waals surface area contributed by atoms with Gasteiger partial charge in [0.1, 0.15) is 11.9 Å². The lowest BCUT2D eigenvalue weighted by Crippen LogP contribution is -2.65. The number of nitrogens with zero attached hydrogens (tertiary/aromatic N) is 3. The van der Waals surface area contributed by atoms with Gasteiger partial charge in [-0.3, -0.25) is 9.88 Å². The van der Waals surface area contributed by atoms with Crippen molar-refractivity contribution >= 4 is 0 Å². The van der Waals surface area contributed by atoms with Crippen LogP contribution in [-0.4, -0.2) is 46.3 Å². The molecular formula is C16H19N3O3. The van der Waals surface area contributed by atoms with Crippen molar-refractivity contribution in [3.8, 4) is 5.88 Å². The smallest absolute Gasteiger partial charge is 0.232 e. The van der Waals surface area contributed by atoms with Gasteiger partial charge in [-0.1, -0.05) is 0 Å². The van der Waals surface area contributed by atoms with E-state index in [2.05, 4.69) is 14.9 Å². The Labute approximate surface area is 129 Å². The van der Waals surface area contributed by atoms with E-state index in [0.717, 1.165) is 44.8 Å². The number of furan rings is 1. The molecule has 4 heterocycles. The summed E-state index contributed by atoms with van der Waals surface area (Å²) in [6, 6.07) is 3.93. The Kier molecular flexibility index (Phi) is 3.56. The van der Waals surface area contributed by atoms with E-state index in [1.165, 1.54) is 0 Å². The zero-order valence-corrected chi connectivity index (χ0v) is 12.4. The highest BCUT2D eigenvalue weighted by Gasteiger charge is 2.48. The van der Waals surface area contributed by atoms with Gasteiger partial charge in [0.25, 0.3) is 0 Å². The van der Waals surface area contributed by atoms with Crippen molar-refractivity contribution in [1.82, 2.24) is 14.9 Å². The van der Waals surface area contributed by atoms with E-state index in [1.807, 2.05) is 12.1 Å². The van der Waals surface area contributed by atoms with E-state index in [4.69, 9.17) is 13.9 Å². The van der Waals surface area contributed by atoms with Gasteiger partial charge in [-0.2, -0.15) is 0 Å². The fourth-order valence-electron chi connectivity index (χ4n) is 3.32. The maximum Gasteiger partial charge on any atom is 0.232 e. The van der Waals surface area contributed by atoms with Gasteiger partial charge in [0, 0.05) is 38.3 Å². The number of rotatable bonds is 4. The van der Waals surface area contributed by atoms with E-state index < -0.39 is 0 Å². The average Bonchev–Trinajstić information content (AvgIpc) is 3.00. The maximum absolute atomic E-state index is 6.03. The summed E-state index contributed by atoms with van der Waals surface area (Å²) in [6.45, 7) is 3.43. The quantitative estimate of drug-likeness (QED) is 0.859. The molecule has 2 aromatic heterocycles. The zero-order valence-electron chi connectivity index (χ0n) is 12.4. The van der Waals surface area contributed by atoms with Crippen molar-refractivity contribution in [3.05, 3.63) is 42.7 Å². The highest BCUT2D eigenvalue weighted by atomic mass is 16.5. The zero-order chi connectivity index (χ0) is 14.8. The third-order valence-electron chi connectivity index (χ3n) is 4.26. The van der Waals surface area contributed by atoms with Gasteiger partial charge in [-0.15, -0.1) is 0 Å². The summed E-state index contributed by atoms with van der Waals surface area (Å²) in [4.78, 5) is 10.6. The predicted molar refractivity (Wildman–Crippen MR) is 78.4 cm³/mol. The first-order valence-electron chi connectivity index (χ1n) is 7.63. The lowest BCUT2D eigenvalue weighted by molar-refractivity contribution is -0.189. The van der Waals surface area contributed by atoms with Crippen molar-refractivity contribution in [3.63, 3.8) is 0 Å². The second-order valence-corrected chi connectivity index (χ2v) is 6.03. The van der Waals surface area contributed by atoms with Crippen molar-refractivity contribution in [1.29, 1.82) is 0 Å². The molecule has 22 heavy (non-hydrogen) atoms. The molecule has 1 spiro atoms. The second kappa shape index (κ2) is 5.70. The van der Waals surface area contributed by atoms with Crippen molar-refractivity contribution in [2.24, 2.45) is 0 Å². The first-order valence-corrected chi connectivity index (χ1v) is 7.63. The van der Waals surface area contributed by atoms with Crippen LogP contribution < -0.4 is 4.74 Å². The molecule has 0 amide bonds. The van der Waals surface area contributed by atoms with Gasteiger partial charge in [-0.05, 0) is 12.1 Å². The van der Waals surface area contributed by atoms with Crippen molar-refractivity contribution in [2.75, 3.05) is 19.7 Å². The molecular weight excluding hydrogens is 282 g/mol. The van der Waals surface area contributed by atoms with Gasteiger partial charge >= 0.3 is 0 Å². The molecule has 0 unspecified atom stereocenters. The van der Waals surface area contributed by atoms with Gasteiger partial charge in [0.15, 0.2) is 0 Å². The second-order valence-electron chi connectivity index (χ2n) is 6.03. The predicted octanol–water partition coefficient (Wildman–Crippen LogP) is 1.88. The monoisotopic (exact) mass is 301 g/mol. The molecule has 0 saturated carbocycles. The average molecular weight is 301 g/mol. The Morgan fingerprint density at radius 2 is 2.32 bits per heavy atom. The molecule has 0 aromatic carbocycles. The van der Waals surface area contributed by atoms with E-state index in [-0.39, 0.29) is 11.7 Å². The summed E-state index contributed by atoms with van der Waals surface area (Å²) in [5, 5.41) is 0. The third kappa shape index (κ3) is 2.84. The summed E-state index contributed by atoms with van der Waals surface area (Å²) < 4.78 is 17.4. The third-order valence-corrected chi connectivity index (χ3v) is 4.26. The Balaban J connectivity index is 1.32. The molecule has 4 rings (SSSR count). The molecule has 6 nitrogen and oxygen atoms in total. The van der Waals surface area contributed by atoms with E-state index in [1.54, 1.807) is 24.9 Å². The summed E-state index contributed by atoms with van der Waals surface area (Å²) in [5.74, 6) is 1.59. The number of hydrogen-bond acceptors (Lipinski definition) is 6. The van der Waals surface area contributed by atoms with Crippen LogP contribution in [0, 0.1) is 0 Å². The van der Waals surface area contributed by atoms with Crippen LogP contribution in [0.1, 0.15) is 18.6 Å². The fraction of sp³-hybridized carbons (Fsp3) is 0.500. The molecule has 2 fully saturated rings. The topological polar surface area (TPSA) is 60.6 Å². The van der Waals surface area contributed by atoms with Crippen LogP contribution in [0.2, 0.25) is 0 Å². The van der Waals surface area contributed by atoms with Crippen LogP contribution >= 0.6 is 0 Å². The van der Waals surface area contributed by atoms with Crippen molar-refractivity contribution < 1.29 is 13.9 Å². The number of likely N-dealkylation sites (tertiary alicyclic amines) is 1. The van der Waals surface area contributed by atoms with Gasteiger partial charge in [-0.25, -0.2) is 4.98 Å². The van der Waals surface area contributed by atoms with Gasteiger partial charge in [0.05, 0.1) is 31.2 Å². The Morgan fingerprint density at radius 3 is 3.09 bits per heavy atom. The van der Waals surface area contributed by atoms with Crippen LogP contribution in [0.15, 0.2) is 41.4 Å². The summed E-state index contributed by atoms with van der Waals surface area (Å²) in [6.07, 6.45) is 8.62. The number of hydrogen-bond donors (Lipinski definition) is 0. The first kappa shape index (κ1) is 13.7. The lowest BCUT2D eigenvalue weighted by atomic mass is 9.84. The van der Waals surface area contributed by atoms with Crippen LogP contribution in [0.25, 0.3) is 0 Å². The number of aromatic nitrogens is 2. The molecule has 2 aliphatic heterocycles. The molecule has 6 heteroatoms. The highest BCUT2D eigenvalue weighted by molar-refractivity contribution is 5.07. The van der Waals surface area contributed by atoms with Crippen LogP contribution in [0.5, 0.6) is 5.88 Å². The highest BCUT2D eigenvalue weighted by Crippen LogP contribution is 2.36. The molecule has 116 valence electrons. The molecule has 2 saturated heterocycles. The molecule has 0 aliphatic carbocycles. The number of ether oxygens (including phenoxy) is 2. The SMILES string of the molecule is c1coc(CN2CC3(C[C@H](Oc4cnccn4)CCO3)C2)c1. The van der Waals surface area contributed by atoms with E-state index in [0.29, 0.717) is 5.88 Å². The van der Waals surface area contributed by atoms with Crippen LogP contribution in [0.4, 0.5) is 0 Å². The molecule has 2 aromatic rings. The molecule has 1 atom stereocenters. The standard InChI is InChI=1S/C16H19N3O3/c1-2-14(20-6-1)10-19-11-16(12-19)8-13(3-7-21-16)22-15-9-17-4-5-18-15/h1-2,4-6,9,13H,3,7-8,10-12H2/t13-/m1/s1. The largest absolute Gasteiger partial charge is 0.473 e. The Bertz CT molecular complexity index is 596. The summed E-state index contributed by atoms with van der Waals surface area (Å²) >= 11 is 0. The van der Waals surface area contributed by atoms with Gasteiger partial charge in [0.2, 0.25) is 5.88 Å². The van der Waals surface area contributed by atoms with Crippen molar-refractivity contribution in [2.45, 2.75) is 31.1 Å². The summed E-state index contributed by atoms with van der Waals surface area (Å²) in [7, 11) is 0. The minimum atomic E-state index is -0.0717. The van der Waals surface area contributed by atoms with Gasteiger partial charge < -0.3 is 13.9 Å². The molecule has 0 bridgehead atoms. The van der Waals surface area contributed by atoms with E-state index >= 15 is 0 Å².